The van der Waals surface area contributed by atoms with E-state index in [0.717, 1.165) is 0 Å². The van der Waals surface area contributed by atoms with Crippen LogP contribution in [0.1, 0.15) is 12.5 Å². The van der Waals surface area contributed by atoms with E-state index >= 15 is 0 Å². The lowest BCUT2D eigenvalue weighted by molar-refractivity contribution is -0.224. The van der Waals surface area contributed by atoms with E-state index in [1.54, 1.807) is 19.1 Å². The minimum Gasteiger partial charge on any atom is -0.493 e. The van der Waals surface area contributed by atoms with Crippen LogP contribution in [-0.4, -0.2) is 45.8 Å². The molecule has 1 aliphatic rings. The highest BCUT2D eigenvalue weighted by molar-refractivity contribution is 5.54. The molecule has 1 fully saturated rings. The van der Waals surface area contributed by atoms with E-state index < -0.39 is 11.9 Å². The molecule has 6 nitrogen and oxygen atoms in total. The van der Waals surface area contributed by atoms with E-state index in [2.05, 4.69) is 0 Å². The number of benzene rings is 1. The first-order valence-corrected chi connectivity index (χ1v) is 6.35. The normalized spacial score (nSPS) is 18.6. The molecule has 1 unspecified atom stereocenters. The average molecular weight is 284 g/mol. The Labute approximate surface area is 118 Å². The smallest absolute Gasteiger partial charge is 0.221 e. The second-order valence-corrected chi connectivity index (χ2v) is 4.45. The molecule has 0 radical (unpaired) electrons. The van der Waals surface area contributed by atoms with Gasteiger partial charge in [-0.25, -0.2) is 0 Å². The summed E-state index contributed by atoms with van der Waals surface area (Å²) in [5.74, 6) is 0.256. The van der Waals surface area contributed by atoms with Crippen LogP contribution in [-0.2, 0) is 15.3 Å². The Morgan fingerprint density at radius 3 is 1.90 bits per heavy atom. The number of methoxy groups -OCH3 is 3. The zero-order valence-electron chi connectivity index (χ0n) is 12.1. The molecular formula is C14H20O6. The van der Waals surface area contributed by atoms with Crippen LogP contribution in [0.5, 0.6) is 17.2 Å². The Hall–Kier alpha value is -1.50. The summed E-state index contributed by atoms with van der Waals surface area (Å²) in [5, 5.41) is 10.0. The van der Waals surface area contributed by atoms with Crippen LogP contribution in [0.4, 0.5) is 0 Å². The standard InChI is InChI=1S/C14H20O6/c1-9(15)14(19-5-6-20-14)10-7-11(16-2)13(18-4)12(8-10)17-3/h7-9,15H,5-6H2,1-4H3. The van der Waals surface area contributed by atoms with Crippen molar-refractivity contribution in [1.82, 2.24) is 0 Å². The van der Waals surface area contributed by atoms with Crippen LogP contribution in [0.2, 0.25) is 0 Å². The molecule has 1 aromatic carbocycles. The maximum atomic E-state index is 10.0. The summed E-state index contributed by atoms with van der Waals surface area (Å²) < 4.78 is 27.2. The van der Waals surface area contributed by atoms with E-state index in [1.165, 1.54) is 21.3 Å². The number of hydrogen-bond acceptors (Lipinski definition) is 6. The first-order chi connectivity index (χ1) is 9.58. The Kier molecular flexibility index (Phi) is 4.37. The fourth-order valence-electron chi connectivity index (χ4n) is 2.36. The van der Waals surface area contributed by atoms with Crippen molar-refractivity contribution in [2.45, 2.75) is 18.8 Å². The monoisotopic (exact) mass is 284 g/mol. The first-order valence-electron chi connectivity index (χ1n) is 6.35. The highest BCUT2D eigenvalue weighted by Crippen LogP contribution is 2.44. The zero-order valence-corrected chi connectivity index (χ0v) is 12.1. The quantitative estimate of drug-likeness (QED) is 0.879. The molecule has 0 aromatic heterocycles. The van der Waals surface area contributed by atoms with Gasteiger partial charge in [0, 0.05) is 5.56 Å². The number of aliphatic hydroxyl groups is 1. The summed E-state index contributed by atoms with van der Waals surface area (Å²) in [5.41, 5.74) is 0.625. The lowest BCUT2D eigenvalue weighted by Gasteiger charge is -2.31. The molecule has 0 aliphatic carbocycles. The molecule has 6 heteroatoms. The lowest BCUT2D eigenvalue weighted by Crippen LogP contribution is -2.38. The third-order valence-corrected chi connectivity index (χ3v) is 3.33. The van der Waals surface area contributed by atoms with Gasteiger partial charge in [0.25, 0.3) is 0 Å². The van der Waals surface area contributed by atoms with Crippen LogP contribution >= 0.6 is 0 Å². The number of rotatable bonds is 5. The molecule has 20 heavy (non-hydrogen) atoms. The Bertz CT molecular complexity index is 440. The molecule has 2 rings (SSSR count). The lowest BCUT2D eigenvalue weighted by atomic mass is 9.99. The SMILES string of the molecule is COc1cc(C2(C(C)O)OCCO2)cc(OC)c1OC. The van der Waals surface area contributed by atoms with Gasteiger partial charge in [-0.3, -0.25) is 0 Å². The molecular weight excluding hydrogens is 264 g/mol. The van der Waals surface area contributed by atoms with E-state index in [0.29, 0.717) is 36.0 Å². The van der Waals surface area contributed by atoms with E-state index in [-0.39, 0.29) is 0 Å². The molecule has 0 bridgehead atoms. The highest BCUT2D eigenvalue weighted by atomic mass is 16.7. The van der Waals surface area contributed by atoms with Gasteiger partial charge in [-0.15, -0.1) is 0 Å². The van der Waals surface area contributed by atoms with E-state index in [9.17, 15) is 5.11 Å². The molecule has 1 saturated heterocycles. The van der Waals surface area contributed by atoms with Gasteiger partial charge < -0.3 is 28.8 Å². The third-order valence-electron chi connectivity index (χ3n) is 3.33. The molecule has 0 spiro atoms. The number of ether oxygens (including phenoxy) is 5. The Balaban J connectivity index is 2.56. The molecule has 112 valence electrons. The van der Waals surface area contributed by atoms with Crippen molar-refractivity contribution in [3.05, 3.63) is 17.7 Å². The van der Waals surface area contributed by atoms with Gasteiger partial charge in [-0.05, 0) is 19.1 Å². The molecule has 0 saturated carbocycles. The maximum Gasteiger partial charge on any atom is 0.221 e. The largest absolute Gasteiger partial charge is 0.493 e. The van der Waals surface area contributed by atoms with Gasteiger partial charge in [-0.1, -0.05) is 0 Å². The van der Waals surface area contributed by atoms with Gasteiger partial charge in [0.15, 0.2) is 11.5 Å². The zero-order chi connectivity index (χ0) is 14.8. The summed E-state index contributed by atoms with van der Waals surface area (Å²) >= 11 is 0. The molecule has 1 aliphatic heterocycles. The maximum absolute atomic E-state index is 10.0. The van der Waals surface area contributed by atoms with Crippen molar-refractivity contribution >= 4 is 0 Å². The molecule has 1 aromatic rings. The predicted octanol–water partition coefficient (Wildman–Crippen LogP) is 1.29. The van der Waals surface area contributed by atoms with Crippen molar-refractivity contribution in [1.29, 1.82) is 0 Å². The fraction of sp³-hybridized carbons (Fsp3) is 0.571. The van der Waals surface area contributed by atoms with Crippen molar-refractivity contribution < 1.29 is 28.8 Å². The highest BCUT2D eigenvalue weighted by Gasteiger charge is 2.44. The van der Waals surface area contributed by atoms with Gasteiger partial charge >= 0.3 is 0 Å². The van der Waals surface area contributed by atoms with Gasteiger partial charge in [-0.2, -0.15) is 0 Å². The topological polar surface area (TPSA) is 66.4 Å². The average Bonchev–Trinajstić information content (AvgIpc) is 2.96. The van der Waals surface area contributed by atoms with Crippen LogP contribution in [0.3, 0.4) is 0 Å². The van der Waals surface area contributed by atoms with Crippen molar-refractivity contribution in [2.75, 3.05) is 34.5 Å². The van der Waals surface area contributed by atoms with Crippen molar-refractivity contribution in [3.63, 3.8) is 0 Å². The molecule has 1 heterocycles. The summed E-state index contributed by atoms with van der Waals surface area (Å²) in [4.78, 5) is 0. The van der Waals surface area contributed by atoms with Crippen molar-refractivity contribution in [2.24, 2.45) is 0 Å². The van der Waals surface area contributed by atoms with Gasteiger partial charge in [0.05, 0.1) is 34.5 Å². The van der Waals surface area contributed by atoms with Gasteiger partial charge in [0.1, 0.15) is 6.10 Å². The van der Waals surface area contributed by atoms with Crippen LogP contribution in [0.25, 0.3) is 0 Å². The predicted molar refractivity (Wildman–Crippen MR) is 71.4 cm³/mol. The van der Waals surface area contributed by atoms with Crippen LogP contribution in [0.15, 0.2) is 12.1 Å². The second-order valence-electron chi connectivity index (χ2n) is 4.45. The van der Waals surface area contributed by atoms with E-state index in [1.807, 2.05) is 0 Å². The first kappa shape index (κ1) is 14.9. The van der Waals surface area contributed by atoms with E-state index in [4.69, 9.17) is 23.7 Å². The van der Waals surface area contributed by atoms with Crippen LogP contribution < -0.4 is 14.2 Å². The Morgan fingerprint density at radius 2 is 1.55 bits per heavy atom. The minimum absolute atomic E-state index is 0.418. The molecule has 1 atom stereocenters. The van der Waals surface area contributed by atoms with Gasteiger partial charge in [0.2, 0.25) is 11.5 Å². The number of aliphatic hydroxyl groups excluding tert-OH is 1. The fourth-order valence-corrected chi connectivity index (χ4v) is 2.36. The minimum atomic E-state index is -1.20. The Morgan fingerprint density at radius 1 is 1.05 bits per heavy atom. The third kappa shape index (κ3) is 2.30. The molecule has 0 amide bonds. The molecule has 1 N–H and O–H groups in total. The summed E-state index contributed by atoms with van der Waals surface area (Å²) in [6.07, 6.45) is -0.840. The second kappa shape index (κ2) is 5.87. The van der Waals surface area contributed by atoms with Crippen molar-refractivity contribution in [3.8, 4) is 17.2 Å². The number of hydrogen-bond donors (Lipinski definition) is 1. The van der Waals surface area contributed by atoms with Crippen LogP contribution in [0, 0.1) is 0 Å². The summed E-state index contributed by atoms with van der Waals surface area (Å²) in [6.45, 7) is 2.46. The summed E-state index contributed by atoms with van der Waals surface area (Å²) in [6, 6.07) is 3.44. The summed E-state index contributed by atoms with van der Waals surface area (Å²) in [7, 11) is 4.60.